The summed E-state index contributed by atoms with van der Waals surface area (Å²) in [4.78, 5) is 29.5. The summed E-state index contributed by atoms with van der Waals surface area (Å²) in [5.41, 5.74) is 3.39. The predicted molar refractivity (Wildman–Crippen MR) is 98.1 cm³/mol. The van der Waals surface area contributed by atoms with Crippen molar-refractivity contribution in [2.24, 2.45) is 0 Å². The Bertz CT molecular complexity index is 1010. The first-order chi connectivity index (χ1) is 12.5. The van der Waals surface area contributed by atoms with Crippen LogP contribution in [0.1, 0.15) is 31.2 Å². The van der Waals surface area contributed by atoms with E-state index in [-0.39, 0.29) is 23.8 Å². The number of hydrogen-bond acceptors (Lipinski definition) is 3. The Hall–Kier alpha value is -3.22. The van der Waals surface area contributed by atoms with Crippen LogP contribution in [-0.4, -0.2) is 15.7 Å². The molecular weight excluding hydrogens is 335 g/mol. The maximum Gasteiger partial charge on any atom is 0.334 e. The van der Waals surface area contributed by atoms with Gasteiger partial charge in [-0.15, -0.1) is 0 Å². The van der Waals surface area contributed by atoms with E-state index in [0.717, 1.165) is 4.68 Å². The highest BCUT2D eigenvalue weighted by atomic mass is 19.1. The molecule has 0 spiro atoms. The minimum Gasteiger partial charge on any atom is -0.333 e. The molecule has 7 heteroatoms. The fourth-order valence-electron chi connectivity index (χ4n) is 2.62. The summed E-state index contributed by atoms with van der Waals surface area (Å²) in [5.74, 6) is 0.00665. The highest BCUT2D eigenvalue weighted by Gasteiger charge is 2.15. The van der Waals surface area contributed by atoms with Gasteiger partial charge in [0, 0.05) is 12.5 Å². The number of urea groups is 1. The zero-order chi connectivity index (χ0) is 18.7. The fraction of sp³-hybridized carbons (Fsp3) is 0.211. The summed E-state index contributed by atoms with van der Waals surface area (Å²) in [5, 5.41) is 3.03. The highest BCUT2D eigenvalue weighted by molar-refractivity contribution is 5.83. The Morgan fingerprint density at radius 1 is 1.19 bits per heavy atom. The number of nitrogens with one attached hydrogen (secondary N) is 2. The monoisotopic (exact) mass is 354 g/mol. The van der Waals surface area contributed by atoms with E-state index in [1.165, 1.54) is 12.1 Å². The molecular formula is C19H19FN4O2. The molecule has 0 aliphatic heterocycles. The first kappa shape index (κ1) is 17.6. The van der Waals surface area contributed by atoms with E-state index in [1.807, 2.05) is 19.9 Å². The molecule has 2 N–H and O–H groups in total. The summed E-state index contributed by atoms with van der Waals surface area (Å²) >= 11 is 0. The van der Waals surface area contributed by atoms with E-state index in [1.54, 1.807) is 30.3 Å². The molecule has 134 valence electrons. The molecule has 3 rings (SSSR count). The third kappa shape index (κ3) is 3.72. The highest BCUT2D eigenvalue weighted by Crippen LogP contribution is 2.13. The van der Waals surface area contributed by atoms with Crippen LogP contribution in [0.5, 0.6) is 0 Å². The number of halogens is 1. The summed E-state index contributed by atoms with van der Waals surface area (Å²) in [6, 6.07) is 12.3. The van der Waals surface area contributed by atoms with Crippen molar-refractivity contribution >= 4 is 16.9 Å². The Labute approximate surface area is 149 Å². The quantitative estimate of drug-likeness (QED) is 0.756. The molecule has 0 aliphatic carbocycles. The molecule has 2 aromatic carbocycles. The molecule has 26 heavy (non-hydrogen) atoms. The largest absolute Gasteiger partial charge is 0.334 e. The van der Waals surface area contributed by atoms with Crippen LogP contribution in [-0.2, 0) is 6.54 Å². The van der Waals surface area contributed by atoms with Gasteiger partial charge in [-0.2, -0.15) is 0 Å². The van der Waals surface area contributed by atoms with E-state index in [4.69, 9.17) is 0 Å². The molecule has 0 radical (unpaired) electrons. The maximum absolute atomic E-state index is 13.2. The van der Waals surface area contributed by atoms with Gasteiger partial charge in [-0.05, 0) is 29.8 Å². The number of nitrogens with zero attached hydrogens (tertiary/aromatic N) is 2. The van der Waals surface area contributed by atoms with Crippen molar-refractivity contribution in [2.45, 2.75) is 26.3 Å². The zero-order valence-electron chi connectivity index (χ0n) is 14.5. The standard InChI is InChI=1S/C19H19FN4O2/c1-12(2)17-22-16-9-4-3-8-15(16)18(25)24(17)23-19(26)21-11-13-6-5-7-14(20)10-13/h3-10,12H,11H2,1-2H3,(H2,21,23,26). The van der Waals surface area contributed by atoms with E-state index in [2.05, 4.69) is 15.7 Å². The van der Waals surface area contributed by atoms with Gasteiger partial charge in [0.05, 0.1) is 10.9 Å². The van der Waals surface area contributed by atoms with Gasteiger partial charge in [0.15, 0.2) is 0 Å². The molecule has 0 saturated heterocycles. The number of carbonyl (C=O) groups excluding carboxylic acids is 1. The van der Waals surface area contributed by atoms with E-state index >= 15 is 0 Å². The van der Waals surface area contributed by atoms with E-state index < -0.39 is 6.03 Å². The van der Waals surface area contributed by atoms with Gasteiger partial charge in [0.25, 0.3) is 5.56 Å². The summed E-state index contributed by atoms with van der Waals surface area (Å²) in [7, 11) is 0. The van der Waals surface area contributed by atoms with Crippen LogP contribution in [0.2, 0.25) is 0 Å². The Morgan fingerprint density at radius 3 is 2.69 bits per heavy atom. The molecule has 6 nitrogen and oxygen atoms in total. The number of fused-ring (bicyclic) bond motifs is 1. The molecule has 1 heterocycles. The van der Waals surface area contributed by atoms with Gasteiger partial charge in [-0.25, -0.2) is 24.3 Å². The molecule has 0 bridgehead atoms. The van der Waals surface area contributed by atoms with Crippen LogP contribution in [0.25, 0.3) is 10.9 Å². The Balaban J connectivity index is 1.85. The molecule has 0 aliphatic rings. The number of rotatable bonds is 4. The van der Waals surface area contributed by atoms with Crippen LogP contribution in [0.4, 0.5) is 9.18 Å². The molecule has 0 atom stereocenters. The predicted octanol–water partition coefficient (Wildman–Crippen LogP) is 3.11. The Kier molecular flexibility index (Phi) is 4.97. The van der Waals surface area contributed by atoms with Crippen molar-refractivity contribution in [3.63, 3.8) is 0 Å². The summed E-state index contributed by atoms with van der Waals surface area (Å²) in [6.07, 6.45) is 0. The van der Waals surface area contributed by atoms with Crippen LogP contribution < -0.4 is 16.3 Å². The van der Waals surface area contributed by atoms with Crippen molar-refractivity contribution in [1.82, 2.24) is 15.0 Å². The van der Waals surface area contributed by atoms with Crippen LogP contribution >= 0.6 is 0 Å². The minimum atomic E-state index is -0.574. The average Bonchev–Trinajstić information content (AvgIpc) is 2.62. The smallest absolute Gasteiger partial charge is 0.333 e. The lowest BCUT2D eigenvalue weighted by Crippen LogP contribution is -2.41. The maximum atomic E-state index is 13.2. The molecule has 2 amide bonds. The number of hydrogen-bond donors (Lipinski definition) is 2. The van der Waals surface area contributed by atoms with Crippen molar-refractivity contribution in [2.75, 3.05) is 5.43 Å². The Morgan fingerprint density at radius 2 is 1.96 bits per heavy atom. The molecule has 0 fully saturated rings. The van der Waals surface area contributed by atoms with E-state index in [0.29, 0.717) is 22.3 Å². The van der Waals surface area contributed by atoms with Crippen LogP contribution in [0.15, 0.2) is 53.3 Å². The second-order valence-electron chi connectivity index (χ2n) is 6.21. The van der Waals surface area contributed by atoms with Gasteiger partial charge in [-0.3, -0.25) is 4.79 Å². The third-order valence-corrected chi connectivity index (χ3v) is 3.87. The van der Waals surface area contributed by atoms with Crippen molar-refractivity contribution < 1.29 is 9.18 Å². The zero-order valence-corrected chi connectivity index (χ0v) is 14.5. The lowest BCUT2D eigenvalue weighted by atomic mass is 10.2. The first-order valence-electron chi connectivity index (χ1n) is 8.26. The lowest BCUT2D eigenvalue weighted by molar-refractivity contribution is 0.248. The van der Waals surface area contributed by atoms with Crippen molar-refractivity contribution in [3.8, 4) is 0 Å². The summed E-state index contributed by atoms with van der Waals surface area (Å²) < 4.78 is 14.4. The third-order valence-electron chi connectivity index (χ3n) is 3.87. The van der Waals surface area contributed by atoms with Gasteiger partial charge in [0.2, 0.25) is 0 Å². The molecule has 0 unspecified atom stereocenters. The van der Waals surface area contributed by atoms with Gasteiger partial charge in [-0.1, -0.05) is 38.1 Å². The minimum absolute atomic E-state index is 0.0733. The number of para-hydroxylation sites is 1. The van der Waals surface area contributed by atoms with Crippen molar-refractivity contribution in [1.29, 1.82) is 0 Å². The van der Waals surface area contributed by atoms with E-state index in [9.17, 15) is 14.0 Å². The number of benzene rings is 2. The number of amides is 2. The second kappa shape index (κ2) is 7.35. The average molecular weight is 354 g/mol. The van der Waals surface area contributed by atoms with Crippen LogP contribution in [0.3, 0.4) is 0 Å². The van der Waals surface area contributed by atoms with Gasteiger partial charge in [0.1, 0.15) is 11.6 Å². The topological polar surface area (TPSA) is 76.0 Å². The molecule has 1 aromatic heterocycles. The van der Waals surface area contributed by atoms with Crippen LogP contribution in [0, 0.1) is 5.82 Å². The first-order valence-corrected chi connectivity index (χ1v) is 8.26. The normalized spacial score (nSPS) is 10.9. The number of carbonyl (C=O) groups is 1. The molecule has 3 aromatic rings. The molecule has 0 saturated carbocycles. The fourth-order valence-corrected chi connectivity index (χ4v) is 2.62. The van der Waals surface area contributed by atoms with Gasteiger partial charge < -0.3 is 5.32 Å². The lowest BCUT2D eigenvalue weighted by Gasteiger charge is -2.17. The second-order valence-corrected chi connectivity index (χ2v) is 6.21. The SMILES string of the molecule is CC(C)c1nc2ccccc2c(=O)n1NC(=O)NCc1cccc(F)c1. The van der Waals surface area contributed by atoms with Gasteiger partial charge >= 0.3 is 6.03 Å². The van der Waals surface area contributed by atoms with Crippen molar-refractivity contribution in [3.05, 3.63) is 76.1 Å². The summed E-state index contributed by atoms with van der Waals surface area (Å²) in [6.45, 7) is 3.91. The number of aromatic nitrogens is 2.